The highest BCUT2D eigenvalue weighted by Crippen LogP contribution is 2.29. The van der Waals surface area contributed by atoms with E-state index in [1.165, 1.54) is 38.8 Å². The first kappa shape index (κ1) is 15.3. The van der Waals surface area contributed by atoms with Crippen LogP contribution < -0.4 is 5.32 Å². The lowest BCUT2D eigenvalue weighted by atomic mass is 9.99. The van der Waals surface area contributed by atoms with Crippen molar-refractivity contribution in [1.82, 2.24) is 15.1 Å². The van der Waals surface area contributed by atoms with E-state index in [2.05, 4.69) is 42.9 Å². The topological polar surface area (TPSA) is 18.5 Å². The molecule has 2 rings (SSSR count). The Morgan fingerprint density at radius 2 is 1.89 bits per heavy atom. The van der Waals surface area contributed by atoms with E-state index in [-0.39, 0.29) is 0 Å². The van der Waals surface area contributed by atoms with E-state index < -0.39 is 0 Å². The van der Waals surface area contributed by atoms with Crippen molar-refractivity contribution in [2.45, 2.75) is 64.6 Å². The summed E-state index contributed by atoms with van der Waals surface area (Å²) in [6, 6.07) is 2.37. The molecule has 2 heterocycles. The average molecular weight is 267 g/mol. The van der Waals surface area contributed by atoms with Crippen molar-refractivity contribution in [3.63, 3.8) is 0 Å². The maximum Gasteiger partial charge on any atom is 0.0223 e. The Morgan fingerprint density at radius 1 is 1.16 bits per heavy atom. The molecular formula is C16H33N3. The fourth-order valence-corrected chi connectivity index (χ4v) is 3.74. The monoisotopic (exact) mass is 267 g/mol. The first-order valence-electron chi connectivity index (χ1n) is 8.30. The van der Waals surface area contributed by atoms with Crippen molar-refractivity contribution in [2.24, 2.45) is 5.92 Å². The van der Waals surface area contributed by atoms with Gasteiger partial charge in [-0.3, -0.25) is 9.80 Å². The predicted molar refractivity (Wildman–Crippen MR) is 82.5 cm³/mol. The quantitative estimate of drug-likeness (QED) is 0.744. The summed E-state index contributed by atoms with van der Waals surface area (Å²) in [6.45, 7) is 12.0. The highest BCUT2D eigenvalue weighted by molar-refractivity contribution is 4.92. The van der Waals surface area contributed by atoms with E-state index in [0.29, 0.717) is 6.04 Å². The van der Waals surface area contributed by atoms with Gasteiger partial charge in [-0.25, -0.2) is 0 Å². The van der Waals surface area contributed by atoms with Crippen LogP contribution in [0.25, 0.3) is 0 Å². The first-order chi connectivity index (χ1) is 9.13. The molecule has 0 aromatic rings. The van der Waals surface area contributed by atoms with Crippen molar-refractivity contribution >= 4 is 0 Å². The molecule has 2 aliphatic heterocycles. The van der Waals surface area contributed by atoms with Crippen LogP contribution >= 0.6 is 0 Å². The molecule has 0 spiro atoms. The van der Waals surface area contributed by atoms with Crippen LogP contribution in [0, 0.1) is 5.92 Å². The summed E-state index contributed by atoms with van der Waals surface area (Å²) >= 11 is 0. The fourth-order valence-electron chi connectivity index (χ4n) is 3.74. The second-order valence-corrected chi connectivity index (χ2v) is 6.76. The number of fused-ring (bicyclic) bond motifs is 2. The van der Waals surface area contributed by atoms with Crippen LogP contribution in [0.2, 0.25) is 0 Å². The maximum atomic E-state index is 3.58. The second-order valence-electron chi connectivity index (χ2n) is 6.76. The lowest BCUT2D eigenvalue weighted by molar-refractivity contribution is 0.142. The van der Waals surface area contributed by atoms with Crippen LogP contribution in [-0.2, 0) is 0 Å². The summed E-state index contributed by atoms with van der Waals surface area (Å²) in [5.74, 6) is 0.744. The van der Waals surface area contributed by atoms with Gasteiger partial charge in [-0.15, -0.1) is 0 Å². The van der Waals surface area contributed by atoms with Crippen molar-refractivity contribution in [3.05, 3.63) is 0 Å². The Kier molecular flexibility index (Phi) is 5.67. The third-order valence-electron chi connectivity index (χ3n) is 5.47. The van der Waals surface area contributed by atoms with Gasteiger partial charge >= 0.3 is 0 Å². The minimum absolute atomic E-state index is 0.706. The Hall–Kier alpha value is -0.120. The number of nitrogens with one attached hydrogen (secondary N) is 1. The lowest BCUT2D eigenvalue weighted by Gasteiger charge is -2.34. The molecule has 0 amide bonds. The van der Waals surface area contributed by atoms with E-state index in [1.54, 1.807) is 0 Å². The van der Waals surface area contributed by atoms with Gasteiger partial charge in [-0.05, 0) is 65.2 Å². The third-order valence-corrected chi connectivity index (χ3v) is 5.47. The zero-order valence-corrected chi connectivity index (χ0v) is 13.4. The molecule has 2 bridgehead atoms. The number of likely N-dealkylation sites (tertiary alicyclic amines) is 1. The lowest BCUT2D eigenvalue weighted by Crippen LogP contribution is -2.45. The number of hydrogen-bond donors (Lipinski definition) is 1. The molecular weight excluding hydrogens is 234 g/mol. The molecule has 0 radical (unpaired) electrons. The number of hydrogen-bond acceptors (Lipinski definition) is 3. The molecule has 3 heteroatoms. The SMILES string of the molecule is CCCNCC(C)C(C)N1CCC2CCC(C1)N2C. The summed E-state index contributed by atoms with van der Waals surface area (Å²) in [5.41, 5.74) is 0. The molecule has 2 aliphatic rings. The zero-order valence-electron chi connectivity index (χ0n) is 13.4. The summed E-state index contributed by atoms with van der Waals surface area (Å²) in [7, 11) is 2.34. The van der Waals surface area contributed by atoms with Crippen LogP contribution in [0.4, 0.5) is 0 Å². The van der Waals surface area contributed by atoms with Crippen LogP contribution in [-0.4, -0.2) is 61.2 Å². The zero-order chi connectivity index (χ0) is 13.8. The van der Waals surface area contributed by atoms with E-state index in [9.17, 15) is 0 Å². The molecule has 3 nitrogen and oxygen atoms in total. The predicted octanol–water partition coefficient (Wildman–Crippen LogP) is 2.18. The summed E-state index contributed by atoms with van der Waals surface area (Å²) in [6.07, 6.45) is 5.44. The van der Waals surface area contributed by atoms with E-state index in [4.69, 9.17) is 0 Å². The van der Waals surface area contributed by atoms with Gasteiger partial charge in [-0.2, -0.15) is 0 Å². The molecule has 0 aliphatic carbocycles. The molecule has 4 unspecified atom stereocenters. The Morgan fingerprint density at radius 3 is 2.63 bits per heavy atom. The summed E-state index contributed by atoms with van der Waals surface area (Å²) in [5, 5.41) is 3.58. The van der Waals surface area contributed by atoms with Gasteiger partial charge in [0.1, 0.15) is 0 Å². The number of nitrogens with zero attached hydrogens (tertiary/aromatic N) is 2. The fraction of sp³-hybridized carbons (Fsp3) is 1.00. The van der Waals surface area contributed by atoms with Crippen molar-refractivity contribution in [2.75, 3.05) is 33.2 Å². The third kappa shape index (κ3) is 3.71. The van der Waals surface area contributed by atoms with Gasteiger partial charge in [-0.1, -0.05) is 13.8 Å². The van der Waals surface area contributed by atoms with Crippen LogP contribution in [0.15, 0.2) is 0 Å². The molecule has 2 fully saturated rings. The minimum Gasteiger partial charge on any atom is -0.316 e. The van der Waals surface area contributed by atoms with Crippen LogP contribution in [0.5, 0.6) is 0 Å². The standard InChI is InChI=1S/C16H33N3/c1-5-9-17-11-13(2)14(3)19-10-8-15-6-7-16(12-19)18(15)4/h13-17H,5-12H2,1-4H3. The molecule has 0 aromatic carbocycles. The molecule has 2 saturated heterocycles. The van der Waals surface area contributed by atoms with Crippen molar-refractivity contribution < 1.29 is 0 Å². The number of rotatable bonds is 6. The Balaban J connectivity index is 1.83. The molecule has 0 aromatic heterocycles. The highest BCUT2D eigenvalue weighted by Gasteiger charge is 2.36. The minimum atomic E-state index is 0.706. The maximum absolute atomic E-state index is 3.58. The molecule has 112 valence electrons. The van der Waals surface area contributed by atoms with E-state index in [1.807, 2.05) is 0 Å². The van der Waals surface area contributed by atoms with E-state index >= 15 is 0 Å². The van der Waals surface area contributed by atoms with Crippen molar-refractivity contribution in [3.8, 4) is 0 Å². The van der Waals surface area contributed by atoms with Gasteiger partial charge in [0.25, 0.3) is 0 Å². The molecule has 0 saturated carbocycles. The van der Waals surface area contributed by atoms with Gasteiger partial charge in [0.05, 0.1) is 0 Å². The summed E-state index contributed by atoms with van der Waals surface area (Å²) in [4.78, 5) is 5.39. The largest absolute Gasteiger partial charge is 0.316 e. The molecule has 4 atom stereocenters. The number of likely N-dealkylation sites (N-methyl/N-ethyl adjacent to an activating group) is 1. The normalized spacial score (nSPS) is 32.2. The van der Waals surface area contributed by atoms with Crippen LogP contribution in [0.3, 0.4) is 0 Å². The highest BCUT2D eigenvalue weighted by atomic mass is 15.3. The van der Waals surface area contributed by atoms with E-state index in [0.717, 1.165) is 31.1 Å². The van der Waals surface area contributed by atoms with Gasteiger partial charge in [0.2, 0.25) is 0 Å². The Bertz CT molecular complexity index is 269. The van der Waals surface area contributed by atoms with Crippen molar-refractivity contribution in [1.29, 1.82) is 0 Å². The second kappa shape index (κ2) is 7.05. The van der Waals surface area contributed by atoms with Gasteiger partial charge in [0.15, 0.2) is 0 Å². The smallest absolute Gasteiger partial charge is 0.0223 e. The first-order valence-corrected chi connectivity index (χ1v) is 8.30. The Labute approximate surface area is 119 Å². The summed E-state index contributed by atoms with van der Waals surface area (Å²) < 4.78 is 0. The molecule has 1 N–H and O–H groups in total. The average Bonchev–Trinajstić information content (AvgIpc) is 2.63. The van der Waals surface area contributed by atoms with Crippen LogP contribution in [0.1, 0.15) is 46.5 Å². The molecule has 19 heavy (non-hydrogen) atoms. The van der Waals surface area contributed by atoms with Gasteiger partial charge < -0.3 is 5.32 Å². The van der Waals surface area contributed by atoms with Gasteiger partial charge in [0, 0.05) is 24.7 Å².